The first kappa shape index (κ1) is 28.6. The van der Waals surface area contributed by atoms with Crippen molar-refractivity contribution in [3.05, 3.63) is 87.7 Å². The van der Waals surface area contributed by atoms with Gasteiger partial charge in [-0.2, -0.15) is 13.2 Å². The van der Waals surface area contributed by atoms with Gasteiger partial charge in [0.1, 0.15) is 23.5 Å². The molecular weight excluding hydrogens is 511 g/mol. The maximum absolute atomic E-state index is 13.8. The zero-order valence-corrected chi connectivity index (χ0v) is 22.1. The SMILES string of the molecule is Cc1c(/C=C/c2cc(CNC(C)(CO)C(=O)O)ccc2C(F)(F)F)cccc1C1=CCC2(C)OCCOC2=C1. The van der Waals surface area contributed by atoms with Gasteiger partial charge in [0.05, 0.1) is 18.8 Å². The number of carboxylic acid groups (broad SMARTS) is 1. The lowest BCUT2D eigenvalue weighted by atomic mass is 9.86. The molecule has 1 aliphatic heterocycles. The summed E-state index contributed by atoms with van der Waals surface area (Å²) in [5, 5.41) is 21.5. The topological polar surface area (TPSA) is 88.0 Å². The summed E-state index contributed by atoms with van der Waals surface area (Å²) >= 11 is 0. The average molecular weight is 544 g/mol. The molecule has 1 saturated heterocycles. The van der Waals surface area contributed by atoms with Crippen LogP contribution in [0.4, 0.5) is 13.2 Å². The highest BCUT2D eigenvalue weighted by molar-refractivity contribution is 5.82. The molecule has 4 rings (SSSR count). The first-order chi connectivity index (χ1) is 18.4. The molecule has 2 aromatic rings. The number of aliphatic carboxylic acids is 1. The first-order valence-electron chi connectivity index (χ1n) is 12.6. The molecule has 0 aromatic heterocycles. The van der Waals surface area contributed by atoms with Crippen molar-refractivity contribution in [2.24, 2.45) is 0 Å². The predicted octanol–water partition coefficient (Wildman–Crippen LogP) is 5.59. The van der Waals surface area contributed by atoms with E-state index in [1.807, 2.05) is 38.1 Å². The van der Waals surface area contributed by atoms with Crippen molar-refractivity contribution in [1.29, 1.82) is 0 Å². The molecule has 2 atom stereocenters. The van der Waals surface area contributed by atoms with Gasteiger partial charge in [0.15, 0.2) is 0 Å². The maximum Gasteiger partial charge on any atom is 0.416 e. The van der Waals surface area contributed by atoms with Crippen LogP contribution >= 0.6 is 0 Å². The number of benzene rings is 2. The second-order valence-electron chi connectivity index (χ2n) is 10.2. The number of carboxylic acids is 1. The van der Waals surface area contributed by atoms with E-state index < -0.39 is 35.5 Å². The van der Waals surface area contributed by atoms with E-state index >= 15 is 0 Å². The molecule has 0 saturated carbocycles. The lowest BCUT2D eigenvalue weighted by Crippen LogP contribution is -2.52. The lowest BCUT2D eigenvalue weighted by Gasteiger charge is -2.38. The van der Waals surface area contributed by atoms with Crippen molar-refractivity contribution in [1.82, 2.24) is 5.32 Å². The molecule has 0 radical (unpaired) electrons. The number of hydrogen-bond acceptors (Lipinski definition) is 5. The van der Waals surface area contributed by atoms with Crippen molar-refractivity contribution in [3.8, 4) is 0 Å². The van der Waals surface area contributed by atoms with E-state index in [2.05, 4.69) is 11.4 Å². The number of carbonyl (C=O) groups is 1. The van der Waals surface area contributed by atoms with Crippen molar-refractivity contribution in [3.63, 3.8) is 0 Å². The van der Waals surface area contributed by atoms with E-state index in [1.54, 1.807) is 6.08 Å². The number of alkyl halides is 3. The number of nitrogens with one attached hydrogen (secondary N) is 1. The van der Waals surface area contributed by atoms with Gasteiger partial charge >= 0.3 is 12.1 Å². The third-order valence-electron chi connectivity index (χ3n) is 7.30. The van der Waals surface area contributed by atoms with Crippen LogP contribution in [0.2, 0.25) is 0 Å². The van der Waals surface area contributed by atoms with Crippen molar-refractivity contribution in [2.45, 2.75) is 51.1 Å². The van der Waals surface area contributed by atoms with E-state index in [9.17, 15) is 28.2 Å². The minimum atomic E-state index is -4.57. The number of aliphatic hydroxyl groups is 1. The van der Waals surface area contributed by atoms with Gasteiger partial charge in [-0.25, -0.2) is 0 Å². The fourth-order valence-corrected chi connectivity index (χ4v) is 4.63. The molecule has 1 fully saturated rings. The molecule has 2 aliphatic rings. The van der Waals surface area contributed by atoms with Gasteiger partial charge < -0.3 is 19.7 Å². The van der Waals surface area contributed by atoms with Crippen LogP contribution < -0.4 is 5.32 Å². The molecule has 2 unspecified atom stereocenters. The molecule has 0 bridgehead atoms. The second kappa shape index (κ2) is 11.0. The summed E-state index contributed by atoms with van der Waals surface area (Å²) in [6.45, 7) is 5.54. The second-order valence-corrected chi connectivity index (χ2v) is 10.2. The van der Waals surface area contributed by atoms with Crippen molar-refractivity contribution < 1.29 is 37.7 Å². The van der Waals surface area contributed by atoms with Crippen LogP contribution in [0.15, 0.2) is 54.3 Å². The van der Waals surface area contributed by atoms with Gasteiger partial charge in [-0.05, 0) is 72.4 Å². The minimum Gasteiger partial charge on any atom is -0.492 e. The largest absolute Gasteiger partial charge is 0.492 e. The number of rotatable bonds is 8. The Labute approximate surface area is 225 Å². The lowest BCUT2D eigenvalue weighted by molar-refractivity contribution is -0.146. The van der Waals surface area contributed by atoms with E-state index in [1.165, 1.54) is 25.1 Å². The zero-order chi connectivity index (χ0) is 28.4. The molecule has 3 N–H and O–H groups in total. The van der Waals surface area contributed by atoms with Crippen LogP contribution in [0.5, 0.6) is 0 Å². The third kappa shape index (κ3) is 6.11. The Morgan fingerprint density at radius 2 is 1.90 bits per heavy atom. The standard InChI is InChI=1S/C30H32F3NO5/c1-19-21(5-4-6-24(19)22-11-12-29(3)26(16-22)38-13-14-39-29)8-9-23-15-20(7-10-25(23)30(31,32)33)17-34-28(2,18-35)27(36)37/h4-11,15-16,34-35H,12-14,17-18H2,1-3H3,(H,36,37)/b9-8+. The molecule has 0 spiro atoms. The van der Waals surface area contributed by atoms with E-state index in [0.29, 0.717) is 25.2 Å². The maximum atomic E-state index is 13.8. The fraction of sp³-hybridized carbons (Fsp3) is 0.367. The summed E-state index contributed by atoms with van der Waals surface area (Å²) in [6, 6.07) is 9.33. The van der Waals surface area contributed by atoms with Gasteiger partial charge in [-0.3, -0.25) is 10.1 Å². The van der Waals surface area contributed by atoms with Crippen molar-refractivity contribution >= 4 is 23.7 Å². The summed E-state index contributed by atoms with van der Waals surface area (Å²) in [7, 11) is 0. The van der Waals surface area contributed by atoms with E-state index in [4.69, 9.17) is 9.47 Å². The van der Waals surface area contributed by atoms with Crippen LogP contribution in [0.25, 0.3) is 17.7 Å². The first-order valence-corrected chi connectivity index (χ1v) is 12.6. The Kier molecular flexibility index (Phi) is 8.07. The molecule has 1 heterocycles. The predicted molar refractivity (Wildman–Crippen MR) is 143 cm³/mol. The summed E-state index contributed by atoms with van der Waals surface area (Å²) in [5.74, 6) is -0.490. The highest BCUT2D eigenvalue weighted by atomic mass is 19.4. The Bertz CT molecular complexity index is 1350. The van der Waals surface area contributed by atoms with Crippen LogP contribution in [0.1, 0.15) is 53.6 Å². The van der Waals surface area contributed by atoms with Crippen molar-refractivity contribution in [2.75, 3.05) is 19.8 Å². The summed E-state index contributed by atoms with van der Waals surface area (Å²) in [6.07, 6.45) is 3.20. The molecule has 9 heteroatoms. The Morgan fingerprint density at radius 3 is 2.59 bits per heavy atom. The number of fused-ring (bicyclic) bond motifs is 1. The molecule has 6 nitrogen and oxygen atoms in total. The Morgan fingerprint density at radius 1 is 1.15 bits per heavy atom. The molecule has 208 valence electrons. The molecule has 2 aromatic carbocycles. The van der Waals surface area contributed by atoms with E-state index in [0.717, 1.165) is 34.1 Å². The highest BCUT2D eigenvalue weighted by Crippen LogP contribution is 2.39. The van der Waals surface area contributed by atoms with Crippen LogP contribution in [-0.4, -0.2) is 47.1 Å². The third-order valence-corrected chi connectivity index (χ3v) is 7.30. The molecule has 1 aliphatic carbocycles. The highest BCUT2D eigenvalue weighted by Gasteiger charge is 2.37. The molecular formula is C30H32F3NO5. The van der Waals surface area contributed by atoms with Gasteiger partial charge in [0, 0.05) is 13.0 Å². The summed E-state index contributed by atoms with van der Waals surface area (Å²) in [5.41, 5.74) is 1.09. The van der Waals surface area contributed by atoms with Crippen LogP contribution in [0.3, 0.4) is 0 Å². The minimum absolute atomic E-state index is 0.0373. The van der Waals surface area contributed by atoms with Gasteiger partial charge in [0.2, 0.25) is 0 Å². The van der Waals surface area contributed by atoms with Gasteiger partial charge in [-0.15, -0.1) is 0 Å². The number of allylic oxidation sites excluding steroid dienone is 2. The summed E-state index contributed by atoms with van der Waals surface area (Å²) in [4.78, 5) is 11.4. The Balaban J connectivity index is 1.63. The van der Waals surface area contributed by atoms with Crippen LogP contribution in [-0.2, 0) is 27.0 Å². The average Bonchev–Trinajstić information content (AvgIpc) is 2.90. The van der Waals surface area contributed by atoms with Crippen LogP contribution in [0, 0.1) is 6.92 Å². The normalized spacial score (nSPS) is 21.0. The number of hydrogen-bond donors (Lipinski definition) is 3. The smallest absolute Gasteiger partial charge is 0.416 e. The van der Waals surface area contributed by atoms with Gasteiger partial charge in [0.25, 0.3) is 0 Å². The molecule has 0 amide bonds. The number of aliphatic hydroxyl groups excluding tert-OH is 1. The monoisotopic (exact) mass is 543 g/mol. The Hall–Kier alpha value is -3.40. The summed E-state index contributed by atoms with van der Waals surface area (Å²) < 4.78 is 53.2. The van der Waals surface area contributed by atoms with E-state index in [-0.39, 0.29) is 12.1 Å². The number of ether oxygens (including phenoxy) is 2. The molecule has 39 heavy (non-hydrogen) atoms. The quantitative estimate of drug-likeness (QED) is 0.377. The fourth-order valence-electron chi connectivity index (χ4n) is 4.63. The zero-order valence-electron chi connectivity index (χ0n) is 22.1. The van der Waals surface area contributed by atoms with Gasteiger partial charge in [-0.1, -0.05) is 42.5 Å². The number of halogens is 3.